The Kier molecular flexibility index (Phi) is 16.3. The molecule has 316 valence electrons. The maximum Gasteiger partial charge on any atom is 0.338 e. The van der Waals surface area contributed by atoms with Gasteiger partial charge in [-0.25, -0.2) is 4.79 Å². The molecule has 3 N–H and O–H groups in total. The second-order valence-corrected chi connectivity index (χ2v) is 17.2. The molecule has 2 aliphatic carbocycles. The molecule has 3 fully saturated rings. The van der Waals surface area contributed by atoms with Crippen LogP contribution in [0.4, 0.5) is 0 Å². The molecule has 2 aliphatic heterocycles. The van der Waals surface area contributed by atoms with Crippen LogP contribution in [0, 0.1) is 5.92 Å². The molecule has 2 saturated heterocycles. The SMILES string of the molecule is CCCCCC1(CCCCC)OC2C=C(C(=O)NCCC(=O)NC(CO)CCC(=O)OC(C)(C)C)CC(OC(=O)c3ccc(C=CC4CCC5OC5C4)cc3)C2O1. The van der Waals surface area contributed by atoms with Crippen molar-refractivity contribution in [2.24, 2.45) is 5.92 Å². The molecule has 1 saturated carbocycles. The molecule has 1 aromatic carbocycles. The lowest BCUT2D eigenvalue weighted by molar-refractivity contribution is -0.190. The van der Waals surface area contributed by atoms with Crippen LogP contribution in [0.3, 0.4) is 0 Å². The molecule has 2 heterocycles. The summed E-state index contributed by atoms with van der Waals surface area (Å²) in [5.41, 5.74) is 1.18. The number of aliphatic hydroxyl groups excluding tert-OH is 1. The van der Waals surface area contributed by atoms with E-state index in [2.05, 4.69) is 36.6 Å². The van der Waals surface area contributed by atoms with E-state index >= 15 is 0 Å². The fraction of sp³-hybridized carbons (Fsp3) is 0.689. The summed E-state index contributed by atoms with van der Waals surface area (Å²) in [7, 11) is 0. The van der Waals surface area contributed by atoms with Crippen molar-refractivity contribution in [2.45, 2.75) is 179 Å². The first-order valence-corrected chi connectivity index (χ1v) is 21.4. The van der Waals surface area contributed by atoms with Gasteiger partial charge in [0.15, 0.2) is 5.79 Å². The molecule has 7 unspecified atom stereocenters. The van der Waals surface area contributed by atoms with Gasteiger partial charge in [0.05, 0.1) is 30.4 Å². The summed E-state index contributed by atoms with van der Waals surface area (Å²) >= 11 is 0. The van der Waals surface area contributed by atoms with Gasteiger partial charge in [-0.2, -0.15) is 0 Å². The second kappa shape index (κ2) is 20.9. The summed E-state index contributed by atoms with van der Waals surface area (Å²) in [4.78, 5) is 52.1. The van der Waals surface area contributed by atoms with Gasteiger partial charge in [0.25, 0.3) is 0 Å². The number of hydrogen-bond donors (Lipinski definition) is 3. The van der Waals surface area contributed by atoms with Crippen LogP contribution in [0.5, 0.6) is 0 Å². The maximum absolute atomic E-state index is 13.7. The van der Waals surface area contributed by atoms with Gasteiger partial charge in [0.2, 0.25) is 11.8 Å². The quantitative estimate of drug-likeness (QED) is 0.0681. The number of nitrogens with one attached hydrogen (secondary N) is 2. The van der Waals surface area contributed by atoms with E-state index in [-0.39, 0.29) is 50.6 Å². The summed E-state index contributed by atoms with van der Waals surface area (Å²) in [6.45, 7) is 9.34. The number of fused-ring (bicyclic) bond motifs is 2. The van der Waals surface area contributed by atoms with E-state index in [1.54, 1.807) is 39.0 Å². The third-order valence-electron chi connectivity index (χ3n) is 11.1. The Morgan fingerprint density at radius 1 is 0.965 bits per heavy atom. The normalized spacial score (nSPS) is 25.5. The number of hydrogen-bond acceptors (Lipinski definition) is 10. The molecular weight excluding hydrogens is 728 g/mol. The number of esters is 2. The summed E-state index contributed by atoms with van der Waals surface area (Å²) in [6, 6.07) is 6.73. The van der Waals surface area contributed by atoms with Gasteiger partial charge in [0, 0.05) is 44.2 Å². The van der Waals surface area contributed by atoms with Crippen molar-refractivity contribution >= 4 is 29.8 Å². The van der Waals surface area contributed by atoms with Crippen molar-refractivity contribution in [3.05, 3.63) is 53.1 Å². The van der Waals surface area contributed by atoms with Crippen molar-refractivity contribution in [1.29, 1.82) is 0 Å². The molecule has 0 spiro atoms. The average molecular weight is 795 g/mol. The summed E-state index contributed by atoms with van der Waals surface area (Å²) in [5.74, 6) is -2.01. The highest BCUT2D eigenvalue weighted by Gasteiger charge is 2.52. The average Bonchev–Trinajstić information content (AvgIpc) is 3.86. The highest BCUT2D eigenvalue weighted by molar-refractivity contribution is 5.94. The van der Waals surface area contributed by atoms with Gasteiger partial charge in [-0.15, -0.1) is 0 Å². The summed E-state index contributed by atoms with van der Waals surface area (Å²) in [6.07, 6.45) is 16.2. The van der Waals surface area contributed by atoms with Crippen LogP contribution in [0.15, 0.2) is 42.0 Å². The number of epoxide rings is 1. The monoisotopic (exact) mass is 794 g/mol. The smallest absolute Gasteiger partial charge is 0.338 e. The van der Waals surface area contributed by atoms with E-state index in [9.17, 15) is 24.3 Å². The van der Waals surface area contributed by atoms with Crippen LogP contribution in [0.25, 0.3) is 6.08 Å². The van der Waals surface area contributed by atoms with Crippen LogP contribution in [0.1, 0.15) is 147 Å². The number of aliphatic hydroxyl groups is 1. The van der Waals surface area contributed by atoms with E-state index in [0.29, 0.717) is 42.1 Å². The van der Waals surface area contributed by atoms with Gasteiger partial charge in [-0.05, 0) is 89.0 Å². The lowest BCUT2D eigenvalue weighted by atomic mass is 9.89. The molecule has 57 heavy (non-hydrogen) atoms. The standard InChI is InChI=1S/C45H66N2O10/c1-6-8-10-23-45(24-11-9-7-2)55-38-28-33(42(51)46-25-22-39(49)47-34(29-48)19-21-40(50)56-44(3,4)5)27-37(41(38)57-45)54-43(52)32-17-14-30(15-18-32)12-13-31-16-20-35-36(26-31)53-35/h12-15,17-18,28,31,34-38,41,48H,6-11,16,19-27,29H2,1-5H3,(H,46,51)(H,47,49). The van der Waals surface area contributed by atoms with Crippen molar-refractivity contribution in [3.63, 3.8) is 0 Å². The first-order valence-electron chi connectivity index (χ1n) is 21.4. The lowest BCUT2D eigenvalue weighted by Gasteiger charge is -2.31. The summed E-state index contributed by atoms with van der Waals surface area (Å²) < 4.78 is 30.6. The third-order valence-corrected chi connectivity index (χ3v) is 11.1. The highest BCUT2D eigenvalue weighted by atomic mass is 16.8. The number of allylic oxidation sites excluding steroid dienone is 1. The lowest BCUT2D eigenvalue weighted by Crippen LogP contribution is -2.44. The van der Waals surface area contributed by atoms with Crippen molar-refractivity contribution in [1.82, 2.24) is 10.6 Å². The zero-order valence-electron chi connectivity index (χ0n) is 34.7. The largest absolute Gasteiger partial charge is 0.460 e. The minimum Gasteiger partial charge on any atom is -0.460 e. The molecule has 2 amide bonds. The number of amides is 2. The zero-order chi connectivity index (χ0) is 41.0. The number of unbranched alkanes of at least 4 members (excludes halogenated alkanes) is 4. The predicted molar refractivity (Wildman–Crippen MR) is 216 cm³/mol. The van der Waals surface area contributed by atoms with Crippen LogP contribution in [0.2, 0.25) is 0 Å². The molecule has 0 aromatic heterocycles. The van der Waals surface area contributed by atoms with Gasteiger partial charge in [0.1, 0.15) is 23.9 Å². The van der Waals surface area contributed by atoms with Crippen LogP contribution < -0.4 is 10.6 Å². The van der Waals surface area contributed by atoms with Crippen LogP contribution in [-0.4, -0.2) is 90.0 Å². The molecule has 12 heteroatoms. The van der Waals surface area contributed by atoms with Gasteiger partial charge >= 0.3 is 11.9 Å². The van der Waals surface area contributed by atoms with E-state index in [4.69, 9.17) is 23.7 Å². The highest BCUT2D eigenvalue weighted by Crippen LogP contribution is 2.43. The molecule has 1 aromatic rings. The van der Waals surface area contributed by atoms with E-state index in [1.807, 2.05) is 12.1 Å². The second-order valence-electron chi connectivity index (χ2n) is 17.2. The van der Waals surface area contributed by atoms with Crippen LogP contribution in [-0.2, 0) is 38.1 Å². The third kappa shape index (κ3) is 13.8. The Bertz CT molecular complexity index is 1560. The van der Waals surface area contributed by atoms with E-state index in [1.165, 1.54) is 0 Å². The van der Waals surface area contributed by atoms with Crippen LogP contribution >= 0.6 is 0 Å². The van der Waals surface area contributed by atoms with Gasteiger partial charge < -0.3 is 39.4 Å². The van der Waals surface area contributed by atoms with E-state index in [0.717, 1.165) is 63.4 Å². The maximum atomic E-state index is 13.7. The zero-order valence-corrected chi connectivity index (χ0v) is 34.7. The number of rotatable bonds is 21. The van der Waals surface area contributed by atoms with Crippen molar-refractivity contribution in [3.8, 4) is 0 Å². The number of carbonyl (C=O) groups excluding carboxylic acids is 4. The predicted octanol–water partition coefficient (Wildman–Crippen LogP) is 6.87. The van der Waals surface area contributed by atoms with Gasteiger partial charge in [-0.3, -0.25) is 14.4 Å². The van der Waals surface area contributed by atoms with Crippen molar-refractivity contribution in [2.75, 3.05) is 13.2 Å². The Morgan fingerprint density at radius 3 is 2.33 bits per heavy atom. The van der Waals surface area contributed by atoms with Gasteiger partial charge in [-0.1, -0.05) is 63.8 Å². The number of carbonyl (C=O) groups is 4. The molecular formula is C45H66N2O10. The molecule has 12 nitrogen and oxygen atoms in total. The summed E-state index contributed by atoms with van der Waals surface area (Å²) in [5, 5.41) is 15.3. The fourth-order valence-corrected chi connectivity index (χ4v) is 7.99. The topological polar surface area (TPSA) is 162 Å². The minimum absolute atomic E-state index is 0.0365. The molecule has 0 radical (unpaired) electrons. The Labute approximate surface area is 338 Å². The molecule has 5 rings (SSSR count). The molecule has 4 aliphatic rings. The Hall–Kier alpha value is -3.58. The fourth-order valence-electron chi connectivity index (χ4n) is 7.99. The Morgan fingerprint density at radius 2 is 1.68 bits per heavy atom. The minimum atomic E-state index is -0.837. The first kappa shape index (κ1) is 44.5. The first-order chi connectivity index (χ1) is 27.3. The van der Waals surface area contributed by atoms with E-state index < -0.39 is 47.7 Å². The molecule has 0 bridgehead atoms. The number of ether oxygens (including phenoxy) is 5. The number of benzene rings is 1. The van der Waals surface area contributed by atoms with Crippen molar-refractivity contribution < 1.29 is 48.0 Å². The Balaban J connectivity index is 1.21. The molecule has 7 atom stereocenters.